The summed E-state index contributed by atoms with van der Waals surface area (Å²) >= 11 is 0. The molecule has 0 bridgehead atoms. The summed E-state index contributed by atoms with van der Waals surface area (Å²) in [6.07, 6.45) is -0.605. The van der Waals surface area contributed by atoms with Gasteiger partial charge in [-0.3, -0.25) is 4.79 Å². The number of likely N-dealkylation sites (N-methyl/N-ethyl adjacent to an activating group) is 1. The SMILES string of the molecule is Cc1cccc(C(=O)N(C)[C@H]2CNC[C@@H]2O)c1F. The van der Waals surface area contributed by atoms with E-state index in [0.29, 0.717) is 18.7 Å². The number of β-amino-alcohol motifs (C(OH)–C–C–N with tert-alkyl or cyclic N) is 1. The van der Waals surface area contributed by atoms with Gasteiger partial charge in [0.15, 0.2) is 0 Å². The summed E-state index contributed by atoms with van der Waals surface area (Å²) < 4.78 is 13.9. The molecule has 2 N–H and O–H groups in total. The van der Waals surface area contributed by atoms with Crippen LogP contribution in [0, 0.1) is 12.7 Å². The first-order chi connectivity index (χ1) is 8.52. The number of aryl methyl sites for hydroxylation is 1. The number of benzene rings is 1. The first-order valence-electron chi connectivity index (χ1n) is 5.93. The molecule has 1 aliphatic rings. The number of nitrogens with one attached hydrogen (secondary N) is 1. The van der Waals surface area contributed by atoms with Gasteiger partial charge in [0, 0.05) is 20.1 Å². The molecule has 18 heavy (non-hydrogen) atoms. The van der Waals surface area contributed by atoms with E-state index in [1.807, 2.05) is 0 Å². The minimum Gasteiger partial charge on any atom is -0.390 e. The quantitative estimate of drug-likeness (QED) is 0.807. The monoisotopic (exact) mass is 252 g/mol. The van der Waals surface area contributed by atoms with Crippen molar-refractivity contribution in [3.8, 4) is 0 Å². The third-order valence-electron chi connectivity index (χ3n) is 3.39. The topological polar surface area (TPSA) is 52.6 Å². The van der Waals surface area contributed by atoms with Crippen molar-refractivity contribution < 1.29 is 14.3 Å². The summed E-state index contributed by atoms with van der Waals surface area (Å²) in [4.78, 5) is 13.6. The van der Waals surface area contributed by atoms with Gasteiger partial charge in [-0.1, -0.05) is 12.1 Å². The number of carbonyl (C=O) groups excluding carboxylic acids is 1. The molecule has 0 aliphatic carbocycles. The van der Waals surface area contributed by atoms with Crippen LogP contribution in [-0.2, 0) is 0 Å². The van der Waals surface area contributed by atoms with E-state index in [1.165, 1.54) is 11.0 Å². The van der Waals surface area contributed by atoms with Crippen molar-refractivity contribution in [2.24, 2.45) is 0 Å². The molecule has 0 unspecified atom stereocenters. The van der Waals surface area contributed by atoms with Crippen LogP contribution in [0.25, 0.3) is 0 Å². The van der Waals surface area contributed by atoms with E-state index in [0.717, 1.165) is 0 Å². The zero-order valence-electron chi connectivity index (χ0n) is 10.5. The fourth-order valence-corrected chi connectivity index (χ4v) is 2.20. The fraction of sp³-hybridized carbons (Fsp3) is 0.462. The van der Waals surface area contributed by atoms with Crippen LogP contribution in [0.15, 0.2) is 18.2 Å². The standard InChI is InChI=1S/C13H17FN2O2/c1-8-4-3-5-9(12(8)14)13(18)16(2)10-6-15-7-11(10)17/h3-5,10-11,15,17H,6-7H2,1-2H3/t10-,11-/m0/s1. The van der Waals surface area contributed by atoms with Crippen LogP contribution in [0.1, 0.15) is 15.9 Å². The first kappa shape index (κ1) is 13.0. The number of carbonyl (C=O) groups is 1. The van der Waals surface area contributed by atoms with Gasteiger partial charge in [0.25, 0.3) is 5.91 Å². The lowest BCUT2D eigenvalue weighted by atomic mass is 10.1. The predicted octanol–water partition coefficient (Wildman–Crippen LogP) is 0.539. The van der Waals surface area contributed by atoms with Gasteiger partial charge in [-0.15, -0.1) is 0 Å². The molecule has 0 radical (unpaired) electrons. The zero-order chi connectivity index (χ0) is 13.3. The van der Waals surface area contributed by atoms with Crippen molar-refractivity contribution in [2.75, 3.05) is 20.1 Å². The van der Waals surface area contributed by atoms with Gasteiger partial charge in [0.2, 0.25) is 0 Å². The number of rotatable bonds is 2. The maximum atomic E-state index is 13.9. The average Bonchev–Trinajstić information content (AvgIpc) is 2.77. The molecule has 0 spiro atoms. The highest BCUT2D eigenvalue weighted by molar-refractivity contribution is 5.94. The highest BCUT2D eigenvalue weighted by Gasteiger charge is 2.32. The Bertz CT molecular complexity index is 464. The number of amides is 1. The number of hydrogen-bond acceptors (Lipinski definition) is 3. The van der Waals surface area contributed by atoms with Crippen molar-refractivity contribution in [2.45, 2.75) is 19.1 Å². The van der Waals surface area contributed by atoms with Gasteiger partial charge >= 0.3 is 0 Å². The molecule has 4 nitrogen and oxygen atoms in total. The van der Waals surface area contributed by atoms with Crippen LogP contribution >= 0.6 is 0 Å². The molecule has 0 saturated carbocycles. The molecule has 5 heteroatoms. The van der Waals surface area contributed by atoms with Gasteiger partial charge in [-0.25, -0.2) is 4.39 Å². The molecule has 2 rings (SSSR count). The number of aliphatic hydroxyl groups is 1. The molecule has 2 atom stereocenters. The van der Waals surface area contributed by atoms with Gasteiger partial charge in [0.05, 0.1) is 17.7 Å². The van der Waals surface area contributed by atoms with E-state index in [1.54, 1.807) is 26.1 Å². The Labute approximate surface area is 105 Å². The number of hydrogen-bond donors (Lipinski definition) is 2. The molecular weight excluding hydrogens is 235 g/mol. The Hall–Kier alpha value is -1.46. The van der Waals surface area contributed by atoms with Crippen LogP contribution in [0.4, 0.5) is 4.39 Å². The van der Waals surface area contributed by atoms with Crippen LogP contribution < -0.4 is 5.32 Å². The van der Waals surface area contributed by atoms with Crippen LogP contribution in [0.2, 0.25) is 0 Å². The lowest BCUT2D eigenvalue weighted by Gasteiger charge is -2.26. The van der Waals surface area contributed by atoms with Crippen molar-refractivity contribution >= 4 is 5.91 Å². The second-order valence-electron chi connectivity index (χ2n) is 4.65. The highest BCUT2D eigenvalue weighted by atomic mass is 19.1. The molecule has 1 heterocycles. The largest absolute Gasteiger partial charge is 0.390 e. The zero-order valence-corrected chi connectivity index (χ0v) is 10.5. The van der Waals surface area contributed by atoms with E-state index in [4.69, 9.17) is 0 Å². The van der Waals surface area contributed by atoms with Crippen LogP contribution in [-0.4, -0.2) is 48.2 Å². The van der Waals surface area contributed by atoms with Gasteiger partial charge < -0.3 is 15.3 Å². The number of halogens is 1. The van der Waals surface area contributed by atoms with Gasteiger partial charge in [0.1, 0.15) is 5.82 Å². The second-order valence-corrected chi connectivity index (χ2v) is 4.65. The Morgan fingerprint density at radius 3 is 2.83 bits per heavy atom. The third kappa shape index (κ3) is 2.23. The fourth-order valence-electron chi connectivity index (χ4n) is 2.20. The summed E-state index contributed by atoms with van der Waals surface area (Å²) in [6.45, 7) is 2.60. The molecular formula is C13H17FN2O2. The normalized spacial score (nSPS) is 23.1. The summed E-state index contributed by atoms with van der Waals surface area (Å²) in [5, 5.41) is 12.7. The summed E-state index contributed by atoms with van der Waals surface area (Å²) in [5.41, 5.74) is 0.496. The molecule has 1 fully saturated rings. The van der Waals surface area contributed by atoms with Crippen LogP contribution in [0.3, 0.4) is 0 Å². The van der Waals surface area contributed by atoms with Crippen molar-refractivity contribution in [1.82, 2.24) is 10.2 Å². The number of aliphatic hydroxyl groups excluding tert-OH is 1. The Balaban J connectivity index is 2.23. The smallest absolute Gasteiger partial charge is 0.256 e. The van der Waals surface area contributed by atoms with Gasteiger partial charge in [-0.2, -0.15) is 0 Å². The molecule has 1 aromatic carbocycles. The third-order valence-corrected chi connectivity index (χ3v) is 3.39. The van der Waals surface area contributed by atoms with Crippen molar-refractivity contribution in [1.29, 1.82) is 0 Å². The van der Waals surface area contributed by atoms with E-state index in [2.05, 4.69) is 5.32 Å². The summed E-state index contributed by atoms with van der Waals surface area (Å²) in [6, 6.07) is 4.44. The molecule has 98 valence electrons. The minimum atomic E-state index is -0.605. The lowest BCUT2D eigenvalue weighted by Crippen LogP contribution is -2.44. The lowest BCUT2D eigenvalue weighted by molar-refractivity contribution is 0.0577. The van der Waals surface area contributed by atoms with E-state index < -0.39 is 17.8 Å². The van der Waals surface area contributed by atoms with Crippen molar-refractivity contribution in [3.05, 3.63) is 35.1 Å². The highest BCUT2D eigenvalue weighted by Crippen LogP contribution is 2.16. The minimum absolute atomic E-state index is 0.0524. The molecule has 1 amide bonds. The average molecular weight is 252 g/mol. The Morgan fingerprint density at radius 1 is 1.50 bits per heavy atom. The molecule has 1 saturated heterocycles. The maximum Gasteiger partial charge on any atom is 0.256 e. The summed E-state index contributed by atoms with van der Waals surface area (Å²) in [7, 11) is 1.59. The van der Waals surface area contributed by atoms with Crippen molar-refractivity contribution in [3.63, 3.8) is 0 Å². The molecule has 0 aromatic heterocycles. The summed E-state index contributed by atoms with van der Waals surface area (Å²) in [5.74, 6) is -0.890. The Kier molecular flexibility index (Phi) is 3.63. The first-order valence-corrected chi connectivity index (χ1v) is 5.93. The van der Waals surface area contributed by atoms with Gasteiger partial charge in [-0.05, 0) is 18.6 Å². The van der Waals surface area contributed by atoms with E-state index in [-0.39, 0.29) is 11.6 Å². The maximum absolute atomic E-state index is 13.9. The van der Waals surface area contributed by atoms with E-state index >= 15 is 0 Å². The Morgan fingerprint density at radius 2 is 2.22 bits per heavy atom. The van der Waals surface area contributed by atoms with E-state index in [9.17, 15) is 14.3 Å². The predicted molar refractivity (Wildman–Crippen MR) is 65.9 cm³/mol. The van der Waals surface area contributed by atoms with Crippen LogP contribution in [0.5, 0.6) is 0 Å². The second kappa shape index (κ2) is 5.04. The number of nitrogens with zero attached hydrogens (tertiary/aromatic N) is 1. The molecule has 1 aliphatic heterocycles. The molecule has 1 aromatic rings.